The molecule has 0 aliphatic carbocycles. The Morgan fingerprint density at radius 1 is 0.970 bits per heavy atom. The van der Waals surface area contributed by atoms with Crippen molar-refractivity contribution in [1.29, 1.82) is 0 Å². The van der Waals surface area contributed by atoms with Crippen molar-refractivity contribution in [3.63, 3.8) is 0 Å². The van der Waals surface area contributed by atoms with Gasteiger partial charge in [0, 0.05) is 55.4 Å². The third-order valence-electron chi connectivity index (χ3n) is 5.64. The zero-order chi connectivity index (χ0) is 24.3. The largest absolute Gasteiger partial charge is 0.345 e. The molecule has 0 radical (unpaired) electrons. The summed E-state index contributed by atoms with van der Waals surface area (Å²) < 4.78 is 1.72. The number of hydrogen-bond donors (Lipinski definition) is 0. The summed E-state index contributed by atoms with van der Waals surface area (Å²) in [6.45, 7) is 10.7. The van der Waals surface area contributed by atoms with Crippen LogP contribution in [0.3, 0.4) is 0 Å². The molecule has 8 nitrogen and oxygen atoms in total. The van der Waals surface area contributed by atoms with E-state index in [2.05, 4.69) is 15.1 Å². The number of benzene rings is 1. The minimum absolute atomic E-state index is 0.0260. The highest BCUT2D eigenvalue weighted by molar-refractivity contribution is 5.93. The van der Waals surface area contributed by atoms with Crippen molar-refractivity contribution in [2.75, 3.05) is 20.6 Å². The molecule has 0 bridgehead atoms. The quantitative estimate of drug-likeness (QED) is 0.554. The predicted molar refractivity (Wildman–Crippen MR) is 127 cm³/mol. The van der Waals surface area contributed by atoms with Crippen LogP contribution in [0.5, 0.6) is 0 Å². The molecule has 0 spiro atoms. The lowest BCUT2D eigenvalue weighted by Gasteiger charge is -2.21. The smallest absolute Gasteiger partial charge is 0.253 e. The Kier molecular flexibility index (Phi) is 7.26. The Hall–Kier alpha value is -3.55. The lowest BCUT2D eigenvalue weighted by molar-refractivity contribution is -0.130. The van der Waals surface area contributed by atoms with Crippen molar-refractivity contribution < 1.29 is 9.59 Å². The standard InChI is InChI=1S/C25H32N6O2/c1-8-30(15-20-9-11-21(12-10-20)24(33)29(6)7)23(32)14-22-18(4)28-31(19(22)5)25-26-16(2)13-17(3)27-25/h9-13H,8,14-15H2,1-7H3. The minimum atomic E-state index is -0.0410. The van der Waals surface area contributed by atoms with Gasteiger partial charge in [0.05, 0.1) is 12.1 Å². The van der Waals surface area contributed by atoms with Crippen LogP contribution in [-0.4, -0.2) is 62.0 Å². The normalized spacial score (nSPS) is 10.9. The number of aryl methyl sites for hydroxylation is 3. The molecule has 2 amide bonds. The topological polar surface area (TPSA) is 84.2 Å². The fourth-order valence-corrected chi connectivity index (χ4v) is 3.80. The molecule has 8 heteroatoms. The second-order valence-electron chi connectivity index (χ2n) is 8.49. The Labute approximate surface area is 195 Å². The first-order chi connectivity index (χ1) is 15.6. The van der Waals surface area contributed by atoms with Gasteiger partial charge in [-0.3, -0.25) is 9.59 Å². The average molecular weight is 449 g/mol. The maximum atomic E-state index is 13.2. The second kappa shape index (κ2) is 9.94. The van der Waals surface area contributed by atoms with E-state index in [0.717, 1.165) is 33.9 Å². The van der Waals surface area contributed by atoms with E-state index in [9.17, 15) is 9.59 Å². The summed E-state index contributed by atoms with van der Waals surface area (Å²) in [6.07, 6.45) is 0.257. The zero-order valence-electron chi connectivity index (χ0n) is 20.5. The van der Waals surface area contributed by atoms with Crippen LogP contribution in [0.1, 0.15) is 51.2 Å². The molecule has 2 aromatic heterocycles. The van der Waals surface area contributed by atoms with Crippen LogP contribution in [0, 0.1) is 27.7 Å². The molecule has 0 aliphatic rings. The Bertz CT molecular complexity index is 1140. The highest BCUT2D eigenvalue weighted by Crippen LogP contribution is 2.19. The summed E-state index contributed by atoms with van der Waals surface area (Å²) in [6, 6.07) is 9.33. The highest BCUT2D eigenvalue weighted by atomic mass is 16.2. The lowest BCUT2D eigenvalue weighted by Crippen LogP contribution is -2.32. The van der Waals surface area contributed by atoms with Crippen molar-refractivity contribution in [2.24, 2.45) is 0 Å². The fourth-order valence-electron chi connectivity index (χ4n) is 3.80. The van der Waals surface area contributed by atoms with Crippen LogP contribution in [0.15, 0.2) is 30.3 Å². The highest BCUT2D eigenvalue weighted by Gasteiger charge is 2.21. The van der Waals surface area contributed by atoms with Crippen molar-refractivity contribution >= 4 is 11.8 Å². The summed E-state index contributed by atoms with van der Waals surface area (Å²) in [5.74, 6) is 0.505. The molecule has 0 aliphatic heterocycles. The lowest BCUT2D eigenvalue weighted by atomic mass is 10.1. The molecule has 0 saturated carbocycles. The number of nitrogens with zero attached hydrogens (tertiary/aromatic N) is 6. The summed E-state index contributed by atoms with van der Waals surface area (Å²) >= 11 is 0. The summed E-state index contributed by atoms with van der Waals surface area (Å²) in [4.78, 5) is 37.6. The molecule has 3 aromatic rings. The molecule has 2 heterocycles. The van der Waals surface area contributed by atoms with E-state index in [1.807, 2.05) is 57.7 Å². The first kappa shape index (κ1) is 24.1. The maximum absolute atomic E-state index is 13.2. The number of likely N-dealkylation sites (N-methyl/N-ethyl adjacent to an activating group) is 1. The third kappa shape index (κ3) is 5.45. The Morgan fingerprint density at radius 3 is 2.12 bits per heavy atom. The van der Waals surface area contributed by atoms with Gasteiger partial charge in [0.2, 0.25) is 5.91 Å². The fraction of sp³-hybridized carbons (Fsp3) is 0.400. The van der Waals surface area contributed by atoms with E-state index in [1.54, 1.807) is 35.8 Å². The van der Waals surface area contributed by atoms with Crippen LogP contribution in [-0.2, 0) is 17.8 Å². The van der Waals surface area contributed by atoms with Gasteiger partial charge in [-0.1, -0.05) is 12.1 Å². The molecular weight excluding hydrogens is 416 g/mol. The second-order valence-corrected chi connectivity index (χ2v) is 8.49. The Balaban J connectivity index is 1.77. The van der Waals surface area contributed by atoms with E-state index in [4.69, 9.17) is 0 Å². The van der Waals surface area contributed by atoms with E-state index < -0.39 is 0 Å². The van der Waals surface area contributed by atoms with Crippen molar-refractivity contribution in [1.82, 2.24) is 29.5 Å². The van der Waals surface area contributed by atoms with Crippen molar-refractivity contribution in [3.05, 3.63) is 69.8 Å². The first-order valence-corrected chi connectivity index (χ1v) is 11.1. The third-order valence-corrected chi connectivity index (χ3v) is 5.64. The minimum Gasteiger partial charge on any atom is -0.345 e. The summed E-state index contributed by atoms with van der Waals surface area (Å²) in [5, 5.41) is 4.61. The Morgan fingerprint density at radius 2 is 1.58 bits per heavy atom. The van der Waals surface area contributed by atoms with Crippen LogP contribution in [0.2, 0.25) is 0 Å². The number of carbonyl (C=O) groups is 2. The summed E-state index contributed by atoms with van der Waals surface area (Å²) in [5.41, 5.74) is 5.92. The van der Waals surface area contributed by atoms with Crippen LogP contribution >= 0.6 is 0 Å². The molecule has 0 fully saturated rings. The number of aromatic nitrogens is 4. The molecule has 3 rings (SSSR count). The monoisotopic (exact) mass is 448 g/mol. The van der Waals surface area contributed by atoms with E-state index in [1.165, 1.54) is 0 Å². The van der Waals surface area contributed by atoms with Crippen LogP contribution in [0.4, 0.5) is 0 Å². The first-order valence-electron chi connectivity index (χ1n) is 11.1. The predicted octanol–water partition coefficient (Wildman–Crippen LogP) is 3.19. The molecular formula is C25H32N6O2. The summed E-state index contributed by atoms with van der Waals surface area (Å²) in [7, 11) is 3.46. The number of carbonyl (C=O) groups excluding carboxylic acids is 2. The van der Waals surface area contributed by atoms with Gasteiger partial charge in [-0.15, -0.1) is 0 Å². The molecule has 0 unspecified atom stereocenters. The molecule has 33 heavy (non-hydrogen) atoms. The van der Waals surface area contributed by atoms with Crippen LogP contribution in [0.25, 0.3) is 5.95 Å². The van der Waals surface area contributed by atoms with Gasteiger partial charge in [-0.05, 0) is 58.4 Å². The van der Waals surface area contributed by atoms with Crippen LogP contribution < -0.4 is 0 Å². The van der Waals surface area contributed by atoms with Gasteiger partial charge in [0.1, 0.15) is 0 Å². The van der Waals surface area contributed by atoms with Gasteiger partial charge in [-0.2, -0.15) is 5.10 Å². The number of rotatable bonds is 7. The van der Waals surface area contributed by atoms with Crippen molar-refractivity contribution in [2.45, 2.75) is 47.6 Å². The van der Waals surface area contributed by atoms with Gasteiger partial charge in [0.25, 0.3) is 11.9 Å². The SMILES string of the molecule is CCN(Cc1ccc(C(=O)N(C)C)cc1)C(=O)Cc1c(C)nn(-c2nc(C)cc(C)n2)c1C. The van der Waals surface area contributed by atoms with Gasteiger partial charge < -0.3 is 9.80 Å². The number of amides is 2. The molecule has 1 aromatic carbocycles. The van der Waals surface area contributed by atoms with E-state index in [0.29, 0.717) is 24.6 Å². The van der Waals surface area contributed by atoms with Gasteiger partial charge in [-0.25, -0.2) is 14.6 Å². The molecule has 0 atom stereocenters. The zero-order valence-corrected chi connectivity index (χ0v) is 20.5. The van der Waals surface area contributed by atoms with Gasteiger partial charge >= 0.3 is 0 Å². The van der Waals surface area contributed by atoms with Crippen molar-refractivity contribution in [3.8, 4) is 5.95 Å². The molecule has 0 saturated heterocycles. The van der Waals surface area contributed by atoms with E-state index in [-0.39, 0.29) is 18.2 Å². The molecule has 0 N–H and O–H groups in total. The van der Waals surface area contributed by atoms with E-state index >= 15 is 0 Å². The number of hydrogen-bond acceptors (Lipinski definition) is 5. The average Bonchev–Trinajstić information content (AvgIpc) is 3.04. The molecule has 174 valence electrons. The maximum Gasteiger partial charge on any atom is 0.253 e. The van der Waals surface area contributed by atoms with Gasteiger partial charge in [0.15, 0.2) is 0 Å².